The zero-order chi connectivity index (χ0) is 18.9. The molecule has 1 aromatic carbocycles. The van der Waals surface area contributed by atoms with Crippen molar-refractivity contribution in [2.45, 2.75) is 39.8 Å². The fourth-order valence-corrected chi connectivity index (χ4v) is 3.87. The van der Waals surface area contributed by atoms with Crippen LogP contribution in [0.4, 0.5) is 10.5 Å². The predicted octanol–water partition coefficient (Wildman–Crippen LogP) is 2.88. The summed E-state index contributed by atoms with van der Waals surface area (Å²) in [5.41, 5.74) is 1.96. The van der Waals surface area contributed by atoms with E-state index in [1.807, 2.05) is 13.0 Å². The average molecular weight is 347 g/mol. The third-order valence-electron chi connectivity index (χ3n) is 5.22. The van der Waals surface area contributed by atoms with Crippen LogP contribution in [-0.4, -0.2) is 50.2 Å². The molecule has 0 spiro atoms. The number of rotatable bonds is 4. The number of anilines is 1. The molecule has 2 rings (SSSR count). The molecule has 0 radical (unpaired) electrons. The number of amides is 3. The molecule has 1 aliphatic rings. The maximum absolute atomic E-state index is 12.5. The second-order valence-corrected chi connectivity index (χ2v) is 7.64. The number of hydrogen-bond acceptors (Lipinski definition) is 3. The first-order valence-corrected chi connectivity index (χ1v) is 8.52. The van der Waals surface area contributed by atoms with E-state index >= 15 is 0 Å². The molecule has 0 aromatic heterocycles. The van der Waals surface area contributed by atoms with Gasteiger partial charge in [-0.1, -0.05) is 26.8 Å². The number of nitrogens with zero attached hydrogens (tertiary/aromatic N) is 1. The normalized spacial score (nSPS) is 24.2. The number of carbonyl (C=O) groups is 2. The van der Waals surface area contributed by atoms with Crippen molar-refractivity contribution in [1.29, 1.82) is 0 Å². The van der Waals surface area contributed by atoms with Gasteiger partial charge in [-0.25, -0.2) is 4.79 Å². The molecule has 0 bridgehead atoms. The second kappa shape index (κ2) is 7.04. The van der Waals surface area contributed by atoms with Crippen LogP contribution >= 0.6 is 0 Å². The van der Waals surface area contributed by atoms with Gasteiger partial charge in [-0.15, -0.1) is 0 Å². The minimum atomic E-state index is -0.267. The van der Waals surface area contributed by atoms with Gasteiger partial charge in [-0.05, 0) is 24.6 Å². The van der Waals surface area contributed by atoms with E-state index in [-0.39, 0.29) is 35.4 Å². The Morgan fingerprint density at radius 2 is 1.88 bits per heavy atom. The molecule has 3 amide bonds. The monoisotopic (exact) mass is 347 g/mol. The summed E-state index contributed by atoms with van der Waals surface area (Å²) < 4.78 is 5.51. The highest BCUT2D eigenvalue weighted by molar-refractivity contribution is 5.97. The van der Waals surface area contributed by atoms with E-state index in [4.69, 9.17) is 4.74 Å². The molecule has 3 atom stereocenters. The van der Waals surface area contributed by atoms with Gasteiger partial charge in [0.05, 0.1) is 6.10 Å². The van der Waals surface area contributed by atoms with Crippen LogP contribution in [0.25, 0.3) is 0 Å². The Bertz CT molecular complexity index is 670. The maximum atomic E-state index is 12.5. The molecule has 1 aliphatic carbocycles. The zero-order valence-corrected chi connectivity index (χ0v) is 16.1. The van der Waals surface area contributed by atoms with Gasteiger partial charge in [0, 0.05) is 49.8 Å². The predicted molar refractivity (Wildman–Crippen MR) is 98.9 cm³/mol. The molecule has 6 nitrogen and oxygen atoms in total. The first-order valence-electron chi connectivity index (χ1n) is 8.52. The lowest BCUT2D eigenvalue weighted by Crippen LogP contribution is -2.68. The molecule has 6 heteroatoms. The lowest BCUT2D eigenvalue weighted by molar-refractivity contribution is -0.140. The van der Waals surface area contributed by atoms with Gasteiger partial charge in [-0.2, -0.15) is 0 Å². The number of urea groups is 1. The van der Waals surface area contributed by atoms with Gasteiger partial charge in [0.15, 0.2) is 0 Å². The second-order valence-electron chi connectivity index (χ2n) is 7.64. The number of nitrogens with one attached hydrogen (secondary N) is 2. The molecule has 2 N–H and O–H groups in total. The third-order valence-corrected chi connectivity index (χ3v) is 5.22. The van der Waals surface area contributed by atoms with Crippen molar-refractivity contribution in [3.63, 3.8) is 0 Å². The molecule has 1 saturated carbocycles. The van der Waals surface area contributed by atoms with E-state index in [2.05, 4.69) is 31.4 Å². The number of carbonyl (C=O) groups excluding carboxylic acids is 2. The zero-order valence-electron chi connectivity index (χ0n) is 16.1. The van der Waals surface area contributed by atoms with Crippen LogP contribution in [0, 0.1) is 18.3 Å². The van der Waals surface area contributed by atoms with Crippen LogP contribution in [0.2, 0.25) is 0 Å². The molecular formula is C19H29N3O3. The Kier molecular flexibility index (Phi) is 5.42. The van der Waals surface area contributed by atoms with Crippen LogP contribution in [-0.2, 0) is 4.74 Å². The topological polar surface area (TPSA) is 70.7 Å². The Hall–Kier alpha value is -2.08. The highest BCUT2D eigenvalue weighted by Gasteiger charge is 2.55. The summed E-state index contributed by atoms with van der Waals surface area (Å²) in [7, 11) is 5.11. The Morgan fingerprint density at radius 3 is 2.40 bits per heavy atom. The van der Waals surface area contributed by atoms with Crippen LogP contribution in [0.3, 0.4) is 0 Å². The average Bonchev–Trinajstić information content (AvgIpc) is 2.54. The molecule has 1 aromatic rings. The first-order chi connectivity index (χ1) is 11.6. The van der Waals surface area contributed by atoms with E-state index in [9.17, 15) is 9.59 Å². The van der Waals surface area contributed by atoms with Crippen molar-refractivity contribution in [2.75, 3.05) is 26.5 Å². The summed E-state index contributed by atoms with van der Waals surface area (Å²) in [6, 6.07) is 5.08. The van der Waals surface area contributed by atoms with Gasteiger partial charge < -0.3 is 20.3 Å². The van der Waals surface area contributed by atoms with Gasteiger partial charge in [0.2, 0.25) is 0 Å². The van der Waals surface area contributed by atoms with Crippen molar-refractivity contribution in [3.05, 3.63) is 29.3 Å². The Morgan fingerprint density at radius 1 is 1.24 bits per heavy atom. The Balaban J connectivity index is 2.09. The third kappa shape index (κ3) is 3.63. The van der Waals surface area contributed by atoms with Crippen LogP contribution in [0.15, 0.2) is 18.2 Å². The highest BCUT2D eigenvalue weighted by atomic mass is 16.5. The summed E-state index contributed by atoms with van der Waals surface area (Å²) in [6.07, 6.45) is 0.126. The van der Waals surface area contributed by atoms with Gasteiger partial charge >= 0.3 is 6.03 Å². The van der Waals surface area contributed by atoms with Crippen molar-refractivity contribution in [3.8, 4) is 0 Å². The lowest BCUT2D eigenvalue weighted by atomic mass is 9.58. The summed E-state index contributed by atoms with van der Waals surface area (Å²) >= 11 is 0. The quantitative estimate of drug-likeness (QED) is 0.880. The molecule has 0 saturated heterocycles. The van der Waals surface area contributed by atoms with Crippen LogP contribution in [0.1, 0.15) is 36.7 Å². The summed E-state index contributed by atoms with van der Waals surface area (Å²) in [4.78, 5) is 26.1. The summed E-state index contributed by atoms with van der Waals surface area (Å²) in [5, 5.41) is 5.92. The van der Waals surface area contributed by atoms with E-state index in [1.54, 1.807) is 33.3 Å². The number of aryl methyl sites for hydroxylation is 1. The van der Waals surface area contributed by atoms with E-state index in [0.717, 1.165) is 5.56 Å². The van der Waals surface area contributed by atoms with Crippen molar-refractivity contribution < 1.29 is 14.3 Å². The molecule has 138 valence electrons. The standard InChI is InChI=1S/C19H29N3O3/c1-11-8-9-13(17(23)22(5)6)10-14(11)20-18(24)21-15-12(2)16(25-7)19(15,3)4/h8-10,12,15-16H,1-7H3,(H2,20,21,24)/t12-,15+,16+/m0/s1. The largest absolute Gasteiger partial charge is 0.380 e. The molecule has 0 aliphatic heterocycles. The molecule has 1 fully saturated rings. The van der Waals surface area contributed by atoms with Crippen LogP contribution < -0.4 is 10.6 Å². The maximum Gasteiger partial charge on any atom is 0.319 e. The van der Waals surface area contributed by atoms with E-state index in [0.29, 0.717) is 11.3 Å². The summed E-state index contributed by atoms with van der Waals surface area (Å²) in [6.45, 7) is 8.16. The number of ether oxygens (including phenoxy) is 1. The number of methoxy groups -OCH3 is 1. The van der Waals surface area contributed by atoms with Gasteiger partial charge in [-0.3, -0.25) is 4.79 Å². The fourth-order valence-electron chi connectivity index (χ4n) is 3.87. The molecule has 0 unspecified atom stereocenters. The van der Waals surface area contributed by atoms with Crippen molar-refractivity contribution in [2.24, 2.45) is 11.3 Å². The Labute approximate surface area is 149 Å². The smallest absolute Gasteiger partial charge is 0.319 e. The molecule has 25 heavy (non-hydrogen) atoms. The summed E-state index contributed by atoms with van der Waals surface area (Å²) in [5.74, 6) is 0.147. The SMILES string of the molecule is CO[C@@H]1[C@@H](C)[C@@H](NC(=O)Nc2cc(C(=O)N(C)C)ccc2C)C1(C)C. The fraction of sp³-hybridized carbons (Fsp3) is 0.579. The van der Waals surface area contributed by atoms with Crippen molar-refractivity contribution in [1.82, 2.24) is 10.2 Å². The minimum Gasteiger partial charge on any atom is -0.380 e. The molecular weight excluding hydrogens is 318 g/mol. The molecule has 0 heterocycles. The van der Waals surface area contributed by atoms with E-state index in [1.165, 1.54) is 4.90 Å². The van der Waals surface area contributed by atoms with Gasteiger partial charge in [0.25, 0.3) is 5.91 Å². The highest BCUT2D eigenvalue weighted by Crippen LogP contribution is 2.46. The van der Waals surface area contributed by atoms with Gasteiger partial charge in [0.1, 0.15) is 0 Å². The first kappa shape index (κ1) is 19.2. The number of hydrogen-bond donors (Lipinski definition) is 2. The lowest BCUT2D eigenvalue weighted by Gasteiger charge is -2.56. The van der Waals surface area contributed by atoms with Crippen LogP contribution in [0.5, 0.6) is 0 Å². The van der Waals surface area contributed by atoms with Crippen molar-refractivity contribution >= 4 is 17.6 Å². The minimum absolute atomic E-state index is 0.0318. The number of benzene rings is 1. The van der Waals surface area contributed by atoms with E-state index < -0.39 is 0 Å².